The third-order valence-electron chi connectivity index (χ3n) is 2.86. The van der Waals surface area contributed by atoms with Crippen LogP contribution in [0.15, 0.2) is 6.20 Å². The van der Waals surface area contributed by atoms with Gasteiger partial charge in [0.05, 0.1) is 25.1 Å². The van der Waals surface area contributed by atoms with Crippen molar-refractivity contribution >= 4 is 21.4 Å². The number of nitrogens with zero attached hydrogens (tertiary/aromatic N) is 4. The van der Waals surface area contributed by atoms with E-state index in [-0.39, 0.29) is 0 Å². The fraction of sp³-hybridized carbons (Fsp3) is 0.600. The lowest BCUT2D eigenvalue weighted by Gasteiger charge is -2.25. The van der Waals surface area contributed by atoms with Crippen LogP contribution < -0.4 is 5.32 Å². The minimum absolute atomic E-state index is 0.820. The molecule has 0 aliphatic carbocycles. The van der Waals surface area contributed by atoms with Gasteiger partial charge in [0.25, 0.3) is 0 Å². The van der Waals surface area contributed by atoms with E-state index in [4.69, 9.17) is 4.74 Å². The van der Waals surface area contributed by atoms with Gasteiger partial charge in [-0.25, -0.2) is 9.50 Å². The molecule has 0 spiro atoms. The van der Waals surface area contributed by atoms with Crippen LogP contribution in [0.25, 0.3) is 4.96 Å². The maximum absolute atomic E-state index is 5.34. The number of rotatable bonds is 3. The summed E-state index contributed by atoms with van der Waals surface area (Å²) in [6.45, 7) is 4.49. The molecule has 0 aromatic carbocycles. The Hall–Kier alpha value is -1.18. The van der Waals surface area contributed by atoms with E-state index < -0.39 is 0 Å². The van der Waals surface area contributed by atoms with E-state index >= 15 is 0 Å². The molecule has 0 amide bonds. The van der Waals surface area contributed by atoms with Gasteiger partial charge in [0, 0.05) is 26.7 Å². The Bertz CT molecular complexity index is 502. The quantitative estimate of drug-likeness (QED) is 0.871. The number of morpholine rings is 1. The molecule has 2 aromatic rings. The number of anilines is 1. The van der Waals surface area contributed by atoms with Crippen LogP contribution in [0.4, 0.5) is 5.13 Å². The van der Waals surface area contributed by atoms with E-state index in [1.165, 1.54) is 0 Å². The normalized spacial score (nSPS) is 17.7. The predicted molar refractivity (Wildman–Crippen MR) is 66.5 cm³/mol. The molecule has 92 valence electrons. The molecular formula is C10H15N5OS. The zero-order valence-electron chi connectivity index (χ0n) is 9.72. The highest BCUT2D eigenvalue weighted by atomic mass is 32.1. The molecule has 7 heteroatoms. The second-order valence-corrected chi connectivity index (χ2v) is 4.95. The summed E-state index contributed by atoms with van der Waals surface area (Å²) in [6.07, 6.45) is 1.91. The minimum atomic E-state index is 0.820. The SMILES string of the molecule is CNc1nn2c(CN3CCOCC3)cnc2s1. The van der Waals surface area contributed by atoms with Crippen molar-refractivity contribution < 1.29 is 4.74 Å². The highest BCUT2D eigenvalue weighted by molar-refractivity contribution is 7.20. The van der Waals surface area contributed by atoms with E-state index in [0.717, 1.165) is 48.6 Å². The molecule has 0 unspecified atom stereocenters. The van der Waals surface area contributed by atoms with Crippen LogP contribution in [0.2, 0.25) is 0 Å². The molecule has 0 radical (unpaired) electrons. The summed E-state index contributed by atoms with van der Waals surface area (Å²) in [7, 11) is 1.87. The fourth-order valence-corrected chi connectivity index (χ4v) is 2.68. The van der Waals surface area contributed by atoms with Crippen LogP contribution in [-0.2, 0) is 11.3 Å². The summed E-state index contributed by atoms with van der Waals surface area (Å²) < 4.78 is 7.26. The Morgan fingerprint density at radius 2 is 2.29 bits per heavy atom. The van der Waals surface area contributed by atoms with Crippen LogP contribution in [0.5, 0.6) is 0 Å². The smallest absolute Gasteiger partial charge is 0.214 e. The molecule has 2 aromatic heterocycles. The molecule has 3 rings (SSSR count). The van der Waals surface area contributed by atoms with Gasteiger partial charge in [-0.2, -0.15) is 0 Å². The van der Waals surface area contributed by atoms with Crippen molar-refractivity contribution in [3.05, 3.63) is 11.9 Å². The fourth-order valence-electron chi connectivity index (χ4n) is 1.93. The molecule has 1 fully saturated rings. The summed E-state index contributed by atoms with van der Waals surface area (Å²) in [5.41, 5.74) is 1.14. The highest BCUT2D eigenvalue weighted by Crippen LogP contribution is 2.20. The van der Waals surface area contributed by atoms with E-state index in [9.17, 15) is 0 Å². The first kappa shape index (κ1) is 10.9. The van der Waals surface area contributed by atoms with Crippen molar-refractivity contribution in [3.8, 4) is 0 Å². The summed E-state index contributed by atoms with van der Waals surface area (Å²) in [5.74, 6) is 0. The van der Waals surface area contributed by atoms with Crippen molar-refractivity contribution in [1.29, 1.82) is 0 Å². The first-order chi connectivity index (χ1) is 8.36. The number of imidazole rings is 1. The molecule has 6 nitrogen and oxygen atoms in total. The van der Waals surface area contributed by atoms with Gasteiger partial charge in [-0.15, -0.1) is 5.10 Å². The Morgan fingerprint density at radius 3 is 3.06 bits per heavy atom. The minimum Gasteiger partial charge on any atom is -0.379 e. The number of nitrogens with one attached hydrogen (secondary N) is 1. The topological polar surface area (TPSA) is 54.7 Å². The Balaban J connectivity index is 1.81. The third-order valence-corrected chi connectivity index (χ3v) is 3.80. The standard InChI is InChI=1S/C10H15N5OS/c1-11-9-13-15-8(6-12-10(15)17-9)7-14-2-4-16-5-3-14/h6H,2-5,7H2,1H3,(H,11,13). The second kappa shape index (κ2) is 4.59. The van der Waals surface area contributed by atoms with Crippen LogP contribution in [0, 0.1) is 0 Å². The third kappa shape index (κ3) is 2.13. The predicted octanol–water partition coefficient (Wildman–Crippen LogP) is 0.665. The van der Waals surface area contributed by atoms with E-state index in [1.54, 1.807) is 11.3 Å². The molecule has 0 atom stereocenters. The maximum atomic E-state index is 5.34. The van der Waals surface area contributed by atoms with Crippen molar-refractivity contribution in [2.24, 2.45) is 0 Å². The summed E-state index contributed by atoms with van der Waals surface area (Å²) in [4.78, 5) is 7.68. The van der Waals surface area contributed by atoms with Crippen molar-refractivity contribution in [2.45, 2.75) is 6.54 Å². The highest BCUT2D eigenvalue weighted by Gasteiger charge is 2.15. The molecule has 3 heterocycles. The van der Waals surface area contributed by atoms with Crippen LogP contribution >= 0.6 is 11.3 Å². The lowest BCUT2D eigenvalue weighted by molar-refractivity contribution is 0.0334. The second-order valence-electron chi connectivity index (χ2n) is 3.99. The number of aromatic nitrogens is 3. The molecular weight excluding hydrogens is 238 g/mol. The van der Waals surface area contributed by atoms with Crippen LogP contribution in [0.3, 0.4) is 0 Å². The summed E-state index contributed by atoms with van der Waals surface area (Å²) in [5, 5.41) is 8.41. The monoisotopic (exact) mass is 253 g/mol. The molecule has 1 aliphatic rings. The number of hydrogen-bond acceptors (Lipinski definition) is 6. The van der Waals surface area contributed by atoms with Gasteiger partial charge in [0.2, 0.25) is 10.1 Å². The molecule has 1 saturated heterocycles. The average Bonchev–Trinajstić information content (AvgIpc) is 2.92. The molecule has 0 bridgehead atoms. The largest absolute Gasteiger partial charge is 0.379 e. The summed E-state index contributed by atoms with van der Waals surface area (Å²) >= 11 is 1.57. The number of fused-ring (bicyclic) bond motifs is 1. The maximum Gasteiger partial charge on any atom is 0.214 e. The number of hydrogen-bond donors (Lipinski definition) is 1. The van der Waals surface area contributed by atoms with Crippen molar-refractivity contribution in [3.63, 3.8) is 0 Å². The zero-order valence-corrected chi connectivity index (χ0v) is 10.5. The lowest BCUT2D eigenvalue weighted by atomic mass is 10.3. The van der Waals surface area contributed by atoms with Crippen molar-refractivity contribution in [2.75, 3.05) is 38.7 Å². The molecule has 1 aliphatic heterocycles. The van der Waals surface area contributed by atoms with Crippen LogP contribution in [0.1, 0.15) is 5.69 Å². The Morgan fingerprint density at radius 1 is 1.47 bits per heavy atom. The first-order valence-electron chi connectivity index (χ1n) is 5.68. The Kier molecular flexibility index (Phi) is 2.96. The van der Waals surface area contributed by atoms with Crippen LogP contribution in [-0.4, -0.2) is 52.8 Å². The van der Waals surface area contributed by atoms with Gasteiger partial charge in [0.1, 0.15) is 0 Å². The number of ether oxygens (including phenoxy) is 1. The van der Waals surface area contributed by atoms with E-state index in [2.05, 4.69) is 20.3 Å². The van der Waals surface area contributed by atoms with E-state index in [1.807, 2.05) is 17.8 Å². The summed E-state index contributed by atoms with van der Waals surface area (Å²) in [6, 6.07) is 0. The zero-order chi connectivity index (χ0) is 11.7. The van der Waals surface area contributed by atoms with Gasteiger partial charge in [-0.05, 0) is 0 Å². The van der Waals surface area contributed by atoms with Gasteiger partial charge >= 0.3 is 0 Å². The van der Waals surface area contributed by atoms with Gasteiger partial charge in [0.15, 0.2) is 0 Å². The Labute approximate surface area is 103 Å². The van der Waals surface area contributed by atoms with Gasteiger partial charge < -0.3 is 10.1 Å². The van der Waals surface area contributed by atoms with Gasteiger partial charge in [-0.3, -0.25) is 4.90 Å². The lowest BCUT2D eigenvalue weighted by Crippen LogP contribution is -2.36. The van der Waals surface area contributed by atoms with Crippen molar-refractivity contribution in [1.82, 2.24) is 19.5 Å². The van der Waals surface area contributed by atoms with Gasteiger partial charge in [-0.1, -0.05) is 11.3 Å². The average molecular weight is 253 g/mol. The molecule has 17 heavy (non-hydrogen) atoms. The first-order valence-corrected chi connectivity index (χ1v) is 6.50. The van der Waals surface area contributed by atoms with E-state index in [0.29, 0.717) is 0 Å². The molecule has 0 saturated carbocycles. The molecule has 1 N–H and O–H groups in total.